The SMILES string of the molecule is Cc1cc(F)ccc1NS(=O)(=O)c1cc(N)ccc1F. The van der Waals surface area contributed by atoms with Crippen LogP contribution in [0.1, 0.15) is 5.56 Å². The molecule has 0 bridgehead atoms. The minimum atomic E-state index is -4.13. The van der Waals surface area contributed by atoms with Crippen LogP contribution in [0.15, 0.2) is 41.3 Å². The van der Waals surface area contributed by atoms with Gasteiger partial charge in [0.25, 0.3) is 10.0 Å². The number of nitrogens with two attached hydrogens (primary N) is 1. The van der Waals surface area contributed by atoms with Crippen LogP contribution in [0, 0.1) is 18.6 Å². The number of aryl methyl sites for hydroxylation is 1. The maximum absolute atomic E-state index is 13.6. The van der Waals surface area contributed by atoms with E-state index < -0.39 is 26.6 Å². The summed E-state index contributed by atoms with van der Waals surface area (Å²) in [6.07, 6.45) is 0. The van der Waals surface area contributed by atoms with Crippen molar-refractivity contribution in [3.8, 4) is 0 Å². The number of benzene rings is 2. The topological polar surface area (TPSA) is 72.2 Å². The molecule has 0 amide bonds. The van der Waals surface area contributed by atoms with Crippen LogP contribution in [0.4, 0.5) is 20.2 Å². The highest BCUT2D eigenvalue weighted by Gasteiger charge is 2.20. The molecule has 0 aliphatic heterocycles. The van der Waals surface area contributed by atoms with Crippen LogP contribution in [0.2, 0.25) is 0 Å². The number of nitrogens with one attached hydrogen (secondary N) is 1. The summed E-state index contributed by atoms with van der Waals surface area (Å²) in [7, 11) is -4.13. The minimum Gasteiger partial charge on any atom is -0.399 e. The van der Waals surface area contributed by atoms with Crippen molar-refractivity contribution in [3.05, 3.63) is 53.6 Å². The van der Waals surface area contributed by atoms with Gasteiger partial charge in [-0.3, -0.25) is 4.72 Å². The Morgan fingerprint density at radius 1 is 1.10 bits per heavy atom. The smallest absolute Gasteiger partial charge is 0.264 e. The molecule has 7 heteroatoms. The van der Waals surface area contributed by atoms with Crippen LogP contribution in [-0.2, 0) is 10.0 Å². The van der Waals surface area contributed by atoms with E-state index in [0.29, 0.717) is 5.56 Å². The summed E-state index contributed by atoms with van der Waals surface area (Å²) in [6, 6.07) is 6.82. The van der Waals surface area contributed by atoms with Gasteiger partial charge in [0.05, 0.1) is 5.69 Å². The molecule has 0 atom stereocenters. The maximum atomic E-state index is 13.6. The second kappa shape index (κ2) is 5.09. The van der Waals surface area contributed by atoms with Crippen LogP contribution >= 0.6 is 0 Å². The molecule has 3 N–H and O–H groups in total. The van der Waals surface area contributed by atoms with Crippen molar-refractivity contribution >= 4 is 21.4 Å². The molecule has 0 saturated heterocycles. The normalized spacial score (nSPS) is 11.3. The molecule has 0 fully saturated rings. The van der Waals surface area contributed by atoms with Crippen molar-refractivity contribution in [2.75, 3.05) is 10.5 Å². The van der Waals surface area contributed by atoms with Gasteiger partial charge in [-0.15, -0.1) is 0 Å². The highest BCUT2D eigenvalue weighted by Crippen LogP contribution is 2.23. The lowest BCUT2D eigenvalue weighted by molar-refractivity contribution is 0.570. The predicted molar refractivity (Wildman–Crippen MR) is 72.8 cm³/mol. The summed E-state index contributed by atoms with van der Waals surface area (Å²) >= 11 is 0. The first-order chi connectivity index (χ1) is 9.29. The van der Waals surface area contributed by atoms with E-state index >= 15 is 0 Å². The molecular weight excluding hydrogens is 286 g/mol. The zero-order valence-electron chi connectivity index (χ0n) is 10.5. The molecule has 0 heterocycles. The van der Waals surface area contributed by atoms with Crippen LogP contribution in [0.5, 0.6) is 0 Å². The largest absolute Gasteiger partial charge is 0.399 e. The van der Waals surface area contributed by atoms with Gasteiger partial charge in [0.2, 0.25) is 0 Å². The molecule has 0 radical (unpaired) electrons. The number of halogens is 2. The quantitative estimate of drug-likeness (QED) is 0.856. The van der Waals surface area contributed by atoms with Gasteiger partial charge in [-0.05, 0) is 48.9 Å². The Kier molecular flexibility index (Phi) is 3.63. The molecule has 0 spiro atoms. The fraction of sp³-hybridized carbons (Fsp3) is 0.0769. The van der Waals surface area contributed by atoms with Crippen molar-refractivity contribution < 1.29 is 17.2 Å². The van der Waals surface area contributed by atoms with E-state index in [1.165, 1.54) is 25.1 Å². The van der Waals surface area contributed by atoms with Gasteiger partial charge >= 0.3 is 0 Å². The number of hydrogen-bond donors (Lipinski definition) is 2. The Bertz CT molecular complexity index is 761. The molecule has 0 aliphatic rings. The molecule has 106 valence electrons. The minimum absolute atomic E-state index is 0.127. The number of sulfonamides is 1. The van der Waals surface area contributed by atoms with E-state index in [2.05, 4.69) is 4.72 Å². The lowest BCUT2D eigenvalue weighted by atomic mass is 10.2. The van der Waals surface area contributed by atoms with E-state index in [0.717, 1.165) is 18.2 Å². The van der Waals surface area contributed by atoms with Gasteiger partial charge in [-0.1, -0.05) is 0 Å². The molecule has 2 rings (SSSR count). The summed E-state index contributed by atoms with van der Waals surface area (Å²) in [6.45, 7) is 1.54. The fourth-order valence-corrected chi connectivity index (χ4v) is 2.91. The van der Waals surface area contributed by atoms with Crippen molar-refractivity contribution in [1.82, 2.24) is 0 Å². The van der Waals surface area contributed by atoms with E-state index in [1.807, 2.05) is 0 Å². The van der Waals surface area contributed by atoms with Gasteiger partial charge in [0, 0.05) is 5.69 Å². The third-order valence-electron chi connectivity index (χ3n) is 2.68. The molecule has 4 nitrogen and oxygen atoms in total. The van der Waals surface area contributed by atoms with Gasteiger partial charge < -0.3 is 5.73 Å². The Morgan fingerprint density at radius 2 is 1.80 bits per heavy atom. The first-order valence-corrected chi connectivity index (χ1v) is 7.12. The molecular formula is C13H12F2N2O2S. The van der Waals surface area contributed by atoms with Crippen LogP contribution in [-0.4, -0.2) is 8.42 Å². The molecule has 2 aromatic rings. The Labute approximate surface area is 115 Å². The van der Waals surface area contributed by atoms with E-state index in [1.54, 1.807) is 0 Å². The third-order valence-corrected chi connectivity index (χ3v) is 4.06. The second-order valence-corrected chi connectivity index (χ2v) is 5.91. The standard InChI is InChI=1S/C13H12F2N2O2S/c1-8-6-9(14)2-5-12(8)17-20(18,19)13-7-10(16)3-4-11(13)15/h2-7,17H,16H2,1H3. The van der Waals surface area contributed by atoms with Crippen molar-refractivity contribution in [2.24, 2.45) is 0 Å². The molecule has 20 heavy (non-hydrogen) atoms. The zero-order chi connectivity index (χ0) is 14.9. The monoisotopic (exact) mass is 298 g/mol. The maximum Gasteiger partial charge on any atom is 0.264 e. The fourth-order valence-electron chi connectivity index (χ4n) is 1.67. The number of rotatable bonds is 3. The first kappa shape index (κ1) is 14.3. The first-order valence-electron chi connectivity index (χ1n) is 5.63. The highest BCUT2D eigenvalue weighted by atomic mass is 32.2. The second-order valence-electron chi connectivity index (χ2n) is 4.25. The highest BCUT2D eigenvalue weighted by molar-refractivity contribution is 7.92. The average Bonchev–Trinajstić information content (AvgIpc) is 2.35. The van der Waals surface area contributed by atoms with Gasteiger partial charge in [0.1, 0.15) is 16.5 Å². The Balaban J connectivity index is 2.43. The van der Waals surface area contributed by atoms with Gasteiger partial charge in [-0.2, -0.15) is 0 Å². The number of anilines is 2. The van der Waals surface area contributed by atoms with Gasteiger partial charge in [-0.25, -0.2) is 17.2 Å². The van der Waals surface area contributed by atoms with Crippen molar-refractivity contribution in [3.63, 3.8) is 0 Å². The summed E-state index contributed by atoms with van der Waals surface area (Å²) in [5.41, 5.74) is 6.15. The number of hydrogen-bond acceptors (Lipinski definition) is 3. The van der Waals surface area contributed by atoms with Crippen molar-refractivity contribution in [1.29, 1.82) is 0 Å². The molecule has 0 unspecified atom stereocenters. The molecule has 0 saturated carbocycles. The number of nitrogen functional groups attached to an aromatic ring is 1. The summed E-state index contributed by atoms with van der Waals surface area (Å²) in [5, 5.41) is 0. The van der Waals surface area contributed by atoms with E-state index in [-0.39, 0.29) is 11.4 Å². The average molecular weight is 298 g/mol. The molecule has 0 aliphatic carbocycles. The summed E-state index contributed by atoms with van der Waals surface area (Å²) in [5.74, 6) is -1.40. The van der Waals surface area contributed by atoms with Gasteiger partial charge in [0.15, 0.2) is 0 Å². The van der Waals surface area contributed by atoms with Crippen LogP contribution in [0.25, 0.3) is 0 Å². The zero-order valence-corrected chi connectivity index (χ0v) is 11.3. The lowest BCUT2D eigenvalue weighted by Gasteiger charge is -2.11. The van der Waals surface area contributed by atoms with Crippen molar-refractivity contribution in [2.45, 2.75) is 11.8 Å². The van der Waals surface area contributed by atoms with E-state index in [9.17, 15) is 17.2 Å². The Hall–Kier alpha value is -2.15. The summed E-state index contributed by atoms with van der Waals surface area (Å²) < 4.78 is 53.0. The van der Waals surface area contributed by atoms with Crippen LogP contribution in [0.3, 0.4) is 0 Å². The van der Waals surface area contributed by atoms with Crippen LogP contribution < -0.4 is 10.5 Å². The predicted octanol–water partition coefficient (Wildman–Crippen LogP) is 2.66. The lowest BCUT2D eigenvalue weighted by Crippen LogP contribution is -2.15. The summed E-state index contributed by atoms with van der Waals surface area (Å²) in [4.78, 5) is -0.554. The van der Waals surface area contributed by atoms with E-state index in [4.69, 9.17) is 5.73 Å². The third kappa shape index (κ3) is 2.88. The Morgan fingerprint density at radius 3 is 2.45 bits per heavy atom. The molecule has 2 aromatic carbocycles. The molecule has 0 aromatic heterocycles.